The summed E-state index contributed by atoms with van der Waals surface area (Å²) in [5, 5.41) is 9.13. The lowest BCUT2D eigenvalue weighted by Crippen LogP contribution is -2.08. The average molecular weight is 352 g/mol. The van der Waals surface area contributed by atoms with Gasteiger partial charge in [-0.25, -0.2) is 4.68 Å². The second-order valence-corrected chi connectivity index (χ2v) is 7.05. The highest BCUT2D eigenvalue weighted by Crippen LogP contribution is 2.33. The number of methoxy groups -OCH3 is 1. The summed E-state index contributed by atoms with van der Waals surface area (Å²) < 4.78 is 7.49. The van der Waals surface area contributed by atoms with Gasteiger partial charge >= 0.3 is 0 Å². The number of nitrogens with zero attached hydrogens (tertiary/aromatic N) is 2. The molecule has 3 rings (SSSR count). The van der Waals surface area contributed by atoms with E-state index in [4.69, 9.17) is 21.4 Å². The highest BCUT2D eigenvalue weighted by Gasteiger charge is 2.22. The molecule has 0 amide bonds. The van der Waals surface area contributed by atoms with Gasteiger partial charge in [-0.15, -0.1) is 0 Å². The molecule has 0 unspecified atom stereocenters. The number of aromatic nitrogens is 2. The summed E-state index contributed by atoms with van der Waals surface area (Å²) >= 11 is 8.06. The summed E-state index contributed by atoms with van der Waals surface area (Å²) in [6.45, 7) is 0.976. The highest BCUT2D eigenvalue weighted by atomic mass is 35.5. The van der Waals surface area contributed by atoms with Gasteiger partial charge in [-0.2, -0.15) is 16.9 Å². The fourth-order valence-electron chi connectivity index (χ4n) is 2.98. The number of ether oxygens (including phenoxy) is 1. The maximum Gasteiger partial charge on any atom is 0.144 e. The molecule has 1 N–H and O–H groups in total. The van der Waals surface area contributed by atoms with Gasteiger partial charge in [-0.1, -0.05) is 11.6 Å². The first kappa shape index (κ1) is 16.5. The number of aryl methyl sites for hydroxylation is 1. The highest BCUT2D eigenvalue weighted by molar-refractivity contribution is 7.98. The zero-order chi connectivity index (χ0) is 16.2. The molecular formula is C17H22ClN3OS. The van der Waals surface area contributed by atoms with Crippen molar-refractivity contribution in [3.8, 4) is 11.4 Å². The van der Waals surface area contributed by atoms with Gasteiger partial charge in [0.05, 0.1) is 12.8 Å². The zero-order valence-electron chi connectivity index (χ0n) is 13.6. The Kier molecular flexibility index (Phi) is 5.38. The Morgan fingerprint density at radius 1 is 1.39 bits per heavy atom. The topological polar surface area (TPSA) is 39.1 Å². The summed E-state index contributed by atoms with van der Waals surface area (Å²) in [7, 11) is 1.68. The first-order valence-electron chi connectivity index (χ1n) is 7.92. The van der Waals surface area contributed by atoms with Gasteiger partial charge in [-0.05, 0) is 49.5 Å². The largest absolute Gasteiger partial charge is 0.494 e. The number of anilines is 1. The molecule has 23 heavy (non-hydrogen) atoms. The van der Waals surface area contributed by atoms with Crippen LogP contribution in [0.5, 0.6) is 5.75 Å². The van der Waals surface area contributed by atoms with Crippen molar-refractivity contribution >= 4 is 29.2 Å². The molecule has 0 radical (unpaired) electrons. The third-order valence-corrected chi connectivity index (χ3v) is 4.97. The van der Waals surface area contributed by atoms with Gasteiger partial charge in [0.2, 0.25) is 0 Å². The minimum atomic E-state index is 0.685. The third-order valence-electron chi connectivity index (χ3n) is 4.12. The van der Waals surface area contributed by atoms with Crippen LogP contribution in [-0.2, 0) is 12.8 Å². The van der Waals surface area contributed by atoms with Crippen molar-refractivity contribution in [2.24, 2.45) is 0 Å². The molecule has 0 bridgehead atoms. The number of thioether (sulfide) groups is 1. The van der Waals surface area contributed by atoms with Crippen LogP contribution in [0.2, 0.25) is 5.02 Å². The van der Waals surface area contributed by atoms with Gasteiger partial charge in [0.1, 0.15) is 17.3 Å². The lowest BCUT2D eigenvalue weighted by Gasteiger charge is -2.13. The lowest BCUT2D eigenvalue weighted by molar-refractivity contribution is 0.412. The second-order valence-electron chi connectivity index (χ2n) is 5.63. The standard InChI is InChI=1S/C17H22ClN3OS/c1-22-16-7-6-12(18)11-15(16)21-17-13(5-3-4-9-19-17)14(20-21)8-10-23-2/h6-7,11,19H,3-5,8-10H2,1-2H3. The van der Waals surface area contributed by atoms with E-state index in [2.05, 4.69) is 11.6 Å². The van der Waals surface area contributed by atoms with E-state index in [0.717, 1.165) is 42.4 Å². The van der Waals surface area contributed by atoms with Gasteiger partial charge in [-0.3, -0.25) is 0 Å². The SMILES string of the molecule is COc1ccc(Cl)cc1-n1nc(CCSC)c2c1NCCCC2. The summed E-state index contributed by atoms with van der Waals surface area (Å²) in [5.74, 6) is 2.96. The quantitative estimate of drug-likeness (QED) is 0.876. The molecule has 0 aliphatic carbocycles. The molecule has 1 aromatic carbocycles. The minimum Gasteiger partial charge on any atom is -0.494 e. The van der Waals surface area contributed by atoms with Crippen molar-refractivity contribution in [1.29, 1.82) is 0 Å². The first-order valence-corrected chi connectivity index (χ1v) is 9.69. The number of hydrogen-bond donors (Lipinski definition) is 1. The first-order chi connectivity index (χ1) is 11.2. The molecule has 0 spiro atoms. The molecule has 124 valence electrons. The van der Waals surface area contributed by atoms with Crippen LogP contribution >= 0.6 is 23.4 Å². The maximum absolute atomic E-state index is 6.21. The van der Waals surface area contributed by atoms with Crippen molar-refractivity contribution in [2.45, 2.75) is 25.7 Å². The Morgan fingerprint density at radius 3 is 3.04 bits per heavy atom. The number of fused-ring (bicyclic) bond motifs is 1. The van der Waals surface area contributed by atoms with Crippen LogP contribution in [0.4, 0.5) is 5.82 Å². The van der Waals surface area contributed by atoms with Crippen LogP contribution < -0.4 is 10.1 Å². The van der Waals surface area contributed by atoms with Crippen LogP contribution in [-0.4, -0.2) is 35.4 Å². The Labute approximate surface area is 146 Å². The summed E-state index contributed by atoms with van der Waals surface area (Å²) in [4.78, 5) is 0. The van der Waals surface area contributed by atoms with E-state index >= 15 is 0 Å². The lowest BCUT2D eigenvalue weighted by atomic mass is 10.1. The summed E-state index contributed by atoms with van der Waals surface area (Å²) in [5.41, 5.74) is 3.42. The number of nitrogens with one attached hydrogen (secondary N) is 1. The average Bonchev–Trinajstić information content (AvgIpc) is 2.73. The molecule has 2 aromatic rings. The molecule has 6 heteroatoms. The van der Waals surface area contributed by atoms with E-state index < -0.39 is 0 Å². The molecule has 2 heterocycles. The molecule has 0 saturated carbocycles. The van der Waals surface area contributed by atoms with Crippen molar-refractivity contribution in [3.05, 3.63) is 34.5 Å². The fourth-order valence-corrected chi connectivity index (χ4v) is 3.54. The van der Waals surface area contributed by atoms with Crippen LogP contribution in [0.25, 0.3) is 5.69 Å². The minimum absolute atomic E-state index is 0.685. The van der Waals surface area contributed by atoms with Crippen molar-refractivity contribution in [1.82, 2.24) is 9.78 Å². The van der Waals surface area contributed by atoms with Crippen molar-refractivity contribution < 1.29 is 4.74 Å². The normalized spacial score (nSPS) is 14.0. The molecule has 1 aliphatic rings. The van der Waals surface area contributed by atoms with Crippen LogP contribution in [0.15, 0.2) is 18.2 Å². The van der Waals surface area contributed by atoms with Crippen molar-refractivity contribution in [2.75, 3.05) is 31.0 Å². The van der Waals surface area contributed by atoms with E-state index in [1.165, 1.54) is 24.1 Å². The molecule has 0 fully saturated rings. The summed E-state index contributed by atoms with van der Waals surface area (Å²) in [6, 6.07) is 5.65. The van der Waals surface area contributed by atoms with Crippen LogP contribution in [0.1, 0.15) is 24.1 Å². The van der Waals surface area contributed by atoms with Gasteiger partial charge in [0.25, 0.3) is 0 Å². The second kappa shape index (κ2) is 7.49. The Bertz CT molecular complexity index is 687. The summed E-state index contributed by atoms with van der Waals surface area (Å²) in [6.07, 6.45) is 6.58. The Balaban J connectivity index is 2.11. The molecular weight excluding hydrogens is 330 g/mol. The zero-order valence-corrected chi connectivity index (χ0v) is 15.1. The number of halogens is 1. The van der Waals surface area contributed by atoms with E-state index in [0.29, 0.717) is 5.02 Å². The van der Waals surface area contributed by atoms with Gasteiger partial charge < -0.3 is 10.1 Å². The monoisotopic (exact) mass is 351 g/mol. The number of rotatable bonds is 5. The number of hydrogen-bond acceptors (Lipinski definition) is 4. The Hall–Kier alpha value is -1.33. The van der Waals surface area contributed by atoms with E-state index in [1.54, 1.807) is 7.11 Å². The van der Waals surface area contributed by atoms with Crippen molar-refractivity contribution in [3.63, 3.8) is 0 Å². The predicted molar refractivity (Wildman–Crippen MR) is 98.6 cm³/mol. The van der Waals surface area contributed by atoms with Crippen LogP contribution in [0.3, 0.4) is 0 Å². The smallest absolute Gasteiger partial charge is 0.144 e. The molecule has 1 aromatic heterocycles. The van der Waals surface area contributed by atoms with Gasteiger partial charge in [0, 0.05) is 23.6 Å². The van der Waals surface area contributed by atoms with E-state index in [1.807, 2.05) is 34.6 Å². The molecule has 0 atom stereocenters. The predicted octanol–water partition coefficient (Wildman–Crippen LogP) is 4.19. The molecule has 4 nitrogen and oxygen atoms in total. The molecule has 1 aliphatic heterocycles. The fraction of sp³-hybridized carbons (Fsp3) is 0.471. The Morgan fingerprint density at radius 2 is 2.26 bits per heavy atom. The molecule has 0 saturated heterocycles. The van der Waals surface area contributed by atoms with Gasteiger partial charge in [0.15, 0.2) is 0 Å². The van der Waals surface area contributed by atoms with E-state index in [-0.39, 0.29) is 0 Å². The number of benzene rings is 1. The maximum atomic E-state index is 6.21. The van der Waals surface area contributed by atoms with Crippen LogP contribution in [0, 0.1) is 0 Å². The van der Waals surface area contributed by atoms with E-state index in [9.17, 15) is 0 Å². The third kappa shape index (κ3) is 3.45.